The summed E-state index contributed by atoms with van der Waals surface area (Å²) < 4.78 is 10.1. The molecule has 0 saturated carbocycles. The van der Waals surface area contributed by atoms with Gasteiger partial charge in [0.1, 0.15) is 0 Å². The highest BCUT2D eigenvalue weighted by molar-refractivity contribution is 6.11. The molecule has 0 amide bonds. The van der Waals surface area contributed by atoms with Crippen LogP contribution in [-0.4, -0.2) is 25.1 Å². The van der Waals surface area contributed by atoms with Crippen LogP contribution in [0.15, 0.2) is 42.5 Å². The van der Waals surface area contributed by atoms with Crippen molar-refractivity contribution in [1.29, 1.82) is 0 Å². The predicted octanol–water partition coefficient (Wildman–Crippen LogP) is 2.64. The fourth-order valence-corrected chi connectivity index (χ4v) is 1.85. The van der Waals surface area contributed by atoms with Crippen molar-refractivity contribution in [2.75, 3.05) is 14.2 Å². The number of ketones is 1. The Bertz CT molecular complexity index is 591. The first-order valence-electron chi connectivity index (χ1n) is 5.72. The number of hydrogen-bond acceptors (Lipinski definition) is 4. The van der Waals surface area contributed by atoms with Crippen LogP contribution < -0.4 is 9.47 Å². The van der Waals surface area contributed by atoms with Gasteiger partial charge in [-0.2, -0.15) is 0 Å². The molecule has 0 aromatic heterocycles. The Kier molecular flexibility index (Phi) is 3.71. The normalized spacial score (nSPS) is 10.0. The number of ether oxygens (including phenoxy) is 2. The van der Waals surface area contributed by atoms with Gasteiger partial charge in [0.05, 0.1) is 19.8 Å². The summed E-state index contributed by atoms with van der Waals surface area (Å²) in [6.07, 6.45) is 0. The second-order valence-electron chi connectivity index (χ2n) is 3.89. The van der Waals surface area contributed by atoms with E-state index < -0.39 is 0 Å². The van der Waals surface area contributed by atoms with Crippen LogP contribution in [0.5, 0.6) is 17.2 Å². The van der Waals surface area contributed by atoms with Gasteiger partial charge in [0.2, 0.25) is 5.75 Å². The fourth-order valence-electron chi connectivity index (χ4n) is 1.85. The lowest BCUT2D eigenvalue weighted by molar-refractivity contribution is 0.103. The van der Waals surface area contributed by atoms with Crippen molar-refractivity contribution in [2.24, 2.45) is 0 Å². The number of carbonyl (C=O) groups is 1. The van der Waals surface area contributed by atoms with E-state index in [0.29, 0.717) is 11.1 Å². The van der Waals surface area contributed by atoms with E-state index >= 15 is 0 Å². The summed E-state index contributed by atoms with van der Waals surface area (Å²) in [5, 5.41) is 9.96. The Balaban J connectivity index is 2.51. The van der Waals surface area contributed by atoms with Crippen LogP contribution in [0.25, 0.3) is 0 Å². The Hall–Kier alpha value is -2.49. The molecule has 19 heavy (non-hydrogen) atoms. The van der Waals surface area contributed by atoms with Crippen LogP contribution >= 0.6 is 0 Å². The number of phenolic OH excluding ortho intramolecular Hbond substituents is 1. The largest absolute Gasteiger partial charge is 0.502 e. The molecule has 0 spiro atoms. The van der Waals surface area contributed by atoms with Gasteiger partial charge in [-0.3, -0.25) is 4.79 Å². The minimum Gasteiger partial charge on any atom is -0.502 e. The Morgan fingerprint density at radius 3 is 2.26 bits per heavy atom. The lowest BCUT2D eigenvalue weighted by Crippen LogP contribution is -2.04. The van der Waals surface area contributed by atoms with Gasteiger partial charge >= 0.3 is 0 Å². The topological polar surface area (TPSA) is 55.8 Å². The summed E-state index contributed by atoms with van der Waals surface area (Å²) in [6, 6.07) is 11.9. The van der Waals surface area contributed by atoms with Crippen molar-refractivity contribution in [3.05, 3.63) is 53.6 Å². The molecule has 0 aliphatic carbocycles. The van der Waals surface area contributed by atoms with E-state index in [4.69, 9.17) is 9.47 Å². The SMILES string of the molecule is COc1ccc(C(=O)c2ccccc2)c(OC)c1O. The Labute approximate surface area is 111 Å². The molecule has 0 heterocycles. The highest BCUT2D eigenvalue weighted by Gasteiger charge is 2.20. The van der Waals surface area contributed by atoms with Crippen molar-refractivity contribution in [2.45, 2.75) is 0 Å². The summed E-state index contributed by atoms with van der Waals surface area (Å²) in [5.74, 6) is -0.00292. The molecule has 2 aromatic rings. The van der Waals surface area contributed by atoms with E-state index in [1.54, 1.807) is 30.3 Å². The van der Waals surface area contributed by atoms with E-state index in [0.717, 1.165) is 0 Å². The Morgan fingerprint density at radius 2 is 1.68 bits per heavy atom. The molecule has 2 rings (SSSR count). The van der Waals surface area contributed by atoms with Crippen molar-refractivity contribution in [3.8, 4) is 17.2 Å². The number of carbonyl (C=O) groups excluding carboxylic acids is 1. The van der Waals surface area contributed by atoms with Gasteiger partial charge in [-0.25, -0.2) is 0 Å². The molecule has 98 valence electrons. The van der Waals surface area contributed by atoms with Crippen LogP contribution in [0, 0.1) is 0 Å². The Morgan fingerprint density at radius 1 is 1.00 bits per heavy atom. The highest BCUT2D eigenvalue weighted by Crippen LogP contribution is 2.39. The zero-order valence-corrected chi connectivity index (χ0v) is 10.7. The zero-order valence-electron chi connectivity index (χ0n) is 10.7. The maximum atomic E-state index is 12.3. The van der Waals surface area contributed by atoms with Gasteiger partial charge in [0.15, 0.2) is 17.3 Å². The van der Waals surface area contributed by atoms with E-state index in [-0.39, 0.29) is 23.0 Å². The number of benzene rings is 2. The van der Waals surface area contributed by atoms with Crippen molar-refractivity contribution >= 4 is 5.78 Å². The maximum absolute atomic E-state index is 12.3. The van der Waals surface area contributed by atoms with Gasteiger partial charge in [0, 0.05) is 5.56 Å². The second kappa shape index (κ2) is 5.44. The molecule has 0 aliphatic rings. The number of phenols is 1. The van der Waals surface area contributed by atoms with Crippen LogP contribution in [0.3, 0.4) is 0 Å². The maximum Gasteiger partial charge on any atom is 0.201 e. The van der Waals surface area contributed by atoms with Gasteiger partial charge in [-0.15, -0.1) is 0 Å². The van der Waals surface area contributed by atoms with E-state index in [1.165, 1.54) is 20.3 Å². The first-order chi connectivity index (χ1) is 9.19. The molecule has 0 fully saturated rings. The van der Waals surface area contributed by atoms with Gasteiger partial charge in [0.25, 0.3) is 0 Å². The average molecular weight is 258 g/mol. The van der Waals surface area contributed by atoms with Crippen LogP contribution in [-0.2, 0) is 0 Å². The average Bonchev–Trinajstić information content (AvgIpc) is 2.47. The number of hydrogen-bond donors (Lipinski definition) is 1. The summed E-state index contributed by atoms with van der Waals surface area (Å²) in [5.41, 5.74) is 0.831. The molecule has 0 radical (unpaired) electrons. The van der Waals surface area contributed by atoms with E-state index in [1.807, 2.05) is 6.07 Å². The number of aromatic hydroxyl groups is 1. The van der Waals surface area contributed by atoms with Gasteiger partial charge < -0.3 is 14.6 Å². The minimum absolute atomic E-state index is 0.119. The third kappa shape index (κ3) is 2.38. The fraction of sp³-hybridized carbons (Fsp3) is 0.133. The van der Waals surface area contributed by atoms with Crippen LogP contribution in [0.4, 0.5) is 0 Å². The molecule has 0 atom stereocenters. The molecule has 0 unspecified atom stereocenters. The van der Waals surface area contributed by atoms with Crippen LogP contribution in [0.2, 0.25) is 0 Å². The van der Waals surface area contributed by atoms with E-state index in [9.17, 15) is 9.90 Å². The third-order valence-electron chi connectivity index (χ3n) is 2.80. The second-order valence-corrected chi connectivity index (χ2v) is 3.89. The third-order valence-corrected chi connectivity index (χ3v) is 2.80. The molecular formula is C15H14O4. The monoisotopic (exact) mass is 258 g/mol. The van der Waals surface area contributed by atoms with Gasteiger partial charge in [-0.1, -0.05) is 30.3 Å². The predicted molar refractivity (Wildman–Crippen MR) is 71.1 cm³/mol. The van der Waals surface area contributed by atoms with Crippen molar-refractivity contribution in [1.82, 2.24) is 0 Å². The van der Waals surface area contributed by atoms with Crippen molar-refractivity contribution < 1.29 is 19.4 Å². The first kappa shape index (κ1) is 13.0. The quantitative estimate of drug-likeness (QED) is 0.856. The molecule has 0 saturated heterocycles. The molecule has 4 nitrogen and oxygen atoms in total. The summed E-state index contributed by atoms with van der Waals surface area (Å²) >= 11 is 0. The van der Waals surface area contributed by atoms with E-state index in [2.05, 4.69) is 0 Å². The smallest absolute Gasteiger partial charge is 0.201 e. The number of rotatable bonds is 4. The summed E-state index contributed by atoms with van der Waals surface area (Å²) in [6.45, 7) is 0. The zero-order chi connectivity index (χ0) is 13.8. The lowest BCUT2D eigenvalue weighted by Gasteiger charge is -2.12. The molecule has 1 N–H and O–H groups in total. The van der Waals surface area contributed by atoms with Gasteiger partial charge in [-0.05, 0) is 12.1 Å². The molecule has 0 bridgehead atoms. The lowest BCUT2D eigenvalue weighted by atomic mass is 10.0. The van der Waals surface area contributed by atoms with Crippen LogP contribution in [0.1, 0.15) is 15.9 Å². The molecular weight excluding hydrogens is 244 g/mol. The molecule has 2 aromatic carbocycles. The number of methoxy groups -OCH3 is 2. The summed E-state index contributed by atoms with van der Waals surface area (Å²) in [7, 11) is 2.84. The highest BCUT2D eigenvalue weighted by atomic mass is 16.5. The molecule has 4 heteroatoms. The molecule has 0 aliphatic heterocycles. The van der Waals surface area contributed by atoms with Crippen molar-refractivity contribution in [3.63, 3.8) is 0 Å². The standard InChI is InChI=1S/C15H14O4/c1-18-12-9-8-11(15(19-2)14(12)17)13(16)10-6-4-3-5-7-10/h3-9,17H,1-2H3. The first-order valence-corrected chi connectivity index (χ1v) is 5.72. The summed E-state index contributed by atoms with van der Waals surface area (Å²) in [4.78, 5) is 12.3. The minimum atomic E-state index is -0.213.